The van der Waals surface area contributed by atoms with E-state index in [4.69, 9.17) is 9.47 Å². The van der Waals surface area contributed by atoms with Crippen LogP contribution in [0.3, 0.4) is 0 Å². The number of hydrogen-bond acceptors (Lipinski definition) is 5. The highest BCUT2D eigenvalue weighted by atomic mass is 16.5. The molecule has 1 saturated heterocycles. The number of cyclic esters (lactones) is 1. The van der Waals surface area contributed by atoms with Gasteiger partial charge in [0.1, 0.15) is 6.61 Å². The number of nitrogens with zero attached hydrogens (tertiary/aromatic N) is 1. The Hall–Kier alpha value is -2.63. The number of esters is 2. The van der Waals surface area contributed by atoms with Crippen molar-refractivity contribution in [1.82, 2.24) is 9.97 Å². The van der Waals surface area contributed by atoms with Gasteiger partial charge in [-0.2, -0.15) is 0 Å². The first-order valence-corrected chi connectivity index (χ1v) is 7.09. The van der Waals surface area contributed by atoms with Gasteiger partial charge in [0, 0.05) is 5.92 Å². The molecule has 1 aliphatic heterocycles. The Morgan fingerprint density at radius 1 is 1.36 bits per heavy atom. The first kappa shape index (κ1) is 14.3. The lowest BCUT2D eigenvalue weighted by Crippen LogP contribution is -2.11. The maximum Gasteiger partial charge on any atom is 0.306 e. The monoisotopic (exact) mass is 300 g/mol. The maximum absolute atomic E-state index is 11.7. The molecule has 0 amide bonds. The number of hydrogen-bond donors (Lipinski definition) is 1. The van der Waals surface area contributed by atoms with Crippen molar-refractivity contribution < 1.29 is 19.1 Å². The van der Waals surface area contributed by atoms with E-state index in [2.05, 4.69) is 9.97 Å². The molecule has 1 unspecified atom stereocenters. The van der Waals surface area contributed by atoms with Crippen LogP contribution in [0.1, 0.15) is 18.4 Å². The number of carbonyl (C=O) groups is 2. The van der Waals surface area contributed by atoms with Crippen LogP contribution < -0.4 is 0 Å². The summed E-state index contributed by atoms with van der Waals surface area (Å²) in [6.07, 6.45) is 3.90. The minimum Gasteiger partial charge on any atom is -0.465 e. The lowest BCUT2D eigenvalue weighted by molar-refractivity contribution is -0.146. The molecule has 0 radical (unpaired) electrons. The molecule has 0 spiro atoms. The number of nitrogens with one attached hydrogen (secondary N) is 1. The average molecular weight is 300 g/mol. The molecule has 1 aromatic heterocycles. The number of imidazole rings is 1. The zero-order valence-corrected chi connectivity index (χ0v) is 12.0. The van der Waals surface area contributed by atoms with Gasteiger partial charge >= 0.3 is 11.9 Å². The molecule has 6 nitrogen and oxygen atoms in total. The molecule has 6 heteroatoms. The Balaban J connectivity index is 1.49. The minimum atomic E-state index is -0.305. The molecule has 3 rings (SSSR count). The Bertz CT molecular complexity index is 649. The third-order valence-electron chi connectivity index (χ3n) is 3.55. The van der Waals surface area contributed by atoms with Crippen molar-refractivity contribution >= 4 is 11.9 Å². The molecule has 1 aromatic carbocycles. The van der Waals surface area contributed by atoms with Crippen molar-refractivity contribution in [3.63, 3.8) is 0 Å². The van der Waals surface area contributed by atoms with Crippen LogP contribution in [0.15, 0.2) is 36.8 Å². The second-order valence-electron chi connectivity index (χ2n) is 5.28. The fourth-order valence-electron chi connectivity index (χ4n) is 2.35. The first-order valence-electron chi connectivity index (χ1n) is 7.09. The van der Waals surface area contributed by atoms with Gasteiger partial charge in [-0.15, -0.1) is 0 Å². The molecule has 0 bridgehead atoms. The van der Waals surface area contributed by atoms with Crippen molar-refractivity contribution in [3.05, 3.63) is 42.4 Å². The molecule has 1 N–H and O–H groups in total. The van der Waals surface area contributed by atoms with Gasteiger partial charge in [0.15, 0.2) is 0 Å². The van der Waals surface area contributed by atoms with E-state index in [0.29, 0.717) is 13.0 Å². The van der Waals surface area contributed by atoms with E-state index in [9.17, 15) is 9.59 Å². The van der Waals surface area contributed by atoms with Crippen molar-refractivity contribution in [2.45, 2.75) is 19.4 Å². The van der Waals surface area contributed by atoms with Gasteiger partial charge in [0.25, 0.3) is 0 Å². The van der Waals surface area contributed by atoms with Crippen molar-refractivity contribution in [3.8, 4) is 11.3 Å². The second-order valence-corrected chi connectivity index (χ2v) is 5.28. The van der Waals surface area contributed by atoms with E-state index in [0.717, 1.165) is 16.8 Å². The van der Waals surface area contributed by atoms with Crippen LogP contribution in [-0.4, -0.2) is 28.5 Å². The van der Waals surface area contributed by atoms with Gasteiger partial charge in [-0.05, 0) is 11.1 Å². The van der Waals surface area contributed by atoms with E-state index in [1.807, 2.05) is 24.3 Å². The van der Waals surface area contributed by atoms with Crippen LogP contribution in [0.4, 0.5) is 0 Å². The summed E-state index contributed by atoms with van der Waals surface area (Å²) < 4.78 is 10.1. The smallest absolute Gasteiger partial charge is 0.306 e. The molecule has 2 aromatic rings. The average Bonchev–Trinajstić information content (AvgIpc) is 3.18. The van der Waals surface area contributed by atoms with Gasteiger partial charge in [-0.1, -0.05) is 24.3 Å². The number of H-pyrrole nitrogens is 1. The first-order chi connectivity index (χ1) is 10.7. The highest BCUT2D eigenvalue weighted by Crippen LogP contribution is 2.19. The van der Waals surface area contributed by atoms with Gasteiger partial charge in [-0.3, -0.25) is 9.59 Å². The van der Waals surface area contributed by atoms with E-state index in [1.54, 1.807) is 12.5 Å². The fourth-order valence-corrected chi connectivity index (χ4v) is 2.35. The lowest BCUT2D eigenvalue weighted by atomic mass is 10.1. The minimum absolute atomic E-state index is 0.0530. The molecule has 0 aliphatic carbocycles. The topological polar surface area (TPSA) is 81.3 Å². The van der Waals surface area contributed by atoms with Crippen LogP contribution in [0, 0.1) is 5.92 Å². The highest BCUT2D eigenvalue weighted by molar-refractivity contribution is 5.75. The summed E-state index contributed by atoms with van der Waals surface area (Å²) in [6, 6.07) is 7.71. The Kier molecular flexibility index (Phi) is 4.18. The summed E-state index contributed by atoms with van der Waals surface area (Å²) in [6.45, 7) is 0.538. The Morgan fingerprint density at radius 3 is 2.82 bits per heavy atom. The normalized spacial score (nSPS) is 17.3. The van der Waals surface area contributed by atoms with Crippen molar-refractivity contribution in [2.24, 2.45) is 5.92 Å². The summed E-state index contributed by atoms with van der Waals surface area (Å²) >= 11 is 0. The Labute approximate surface area is 127 Å². The van der Waals surface area contributed by atoms with Crippen LogP contribution >= 0.6 is 0 Å². The van der Waals surface area contributed by atoms with Crippen LogP contribution in [0.2, 0.25) is 0 Å². The third-order valence-corrected chi connectivity index (χ3v) is 3.55. The maximum atomic E-state index is 11.7. The highest BCUT2D eigenvalue weighted by Gasteiger charge is 2.26. The molecule has 114 valence electrons. The zero-order valence-electron chi connectivity index (χ0n) is 12.0. The van der Waals surface area contributed by atoms with Crippen LogP contribution in [0.5, 0.6) is 0 Å². The van der Waals surface area contributed by atoms with Gasteiger partial charge in [0.05, 0.1) is 37.7 Å². The molecule has 0 saturated carbocycles. The van der Waals surface area contributed by atoms with E-state index < -0.39 is 0 Å². The number of benzene rings is 1. The molecule has 22 heavy (non-hydrogen) atoms. The second kappa shape index (κ2) is 6.43. The largest absolute Gasteiger partial charge is 0.465 e. The van der Waals surface area contributed by atoms with Gasteiger partial charge in [-0.25, -0.2) is 4.98 Å². The van der Waals surface area contributed by atoms with E-state index in [1.165, 1.54) is 0 Å². The van der Waals surface area contributed by atoms with E-state index in [-0.39, 0.29) is 30.9 Å². The van der Waals surface area contributed by atoms with Gasteiger partial charge in [0.2, 0.25) is 0 Å². The summed E-state index contributed by atoms with van der Waals surface area (Å²) in [4.78, 5) is 29.7. The standard InChI is InChI=1S/C16H16N2O4/c19-15(5-12-6-16(20)22-9-12)21-8-11-1-3-13(4-2-11)14-7-17-10-18-14/h1-4,7,10,12H,5-6,8-9H2,(H,17,18). The number of carbonyl (C=O) groups excluding carboxylic acids is 2. The number of ether oxygens (including phenoxy) is 2. The molecule has 1 fully saturated rings. The predicted molar refractivity (Wildman–Crippen MR) is 77.5 cm³/mol. The number of rotatable bonds is 5. The van der Waals surface area contributed by atoms with Crippen molar-refractivity contribution in [1.29, 1.82) is 0 Å². The van der Waals surface area contributed by atoms with E-state index >= 15 is 0 Å². The number of aromatic nitrogens is 2. The van der Waals surface area contributed by atoms with Crippen LogP contribution in [-0.2, 0) is 25.7 Å². The molecule has 2 heterocycles. The number of aromatic amines is 1. The molecular weight excluding hydrogens is 284 g/mol. The predicted octanol–water partition coefficient (Wildman–Crippen LogP) is 2.07. The lowest BCUT2D eigenvalue weighted by Gasteiger charge is -2.08. The molecule has 1 aliphatic rings. The summed E-state index contributed by atoms with van der Waals surface area (Å²) in [5.41, 5.74) is 2.87. The SMILES string of the molecule is O=C(CC1COC(=O)C1)OCc1ccc(-c2cnc[nH]2)cc1. The van der Waals surface area contributed by atoms with Gasteiger partial charge < -0.3 is 14.5 Å². The van der Waals surface area contributed by atoms with Crippen molar-refractivity contribution in [2.75, 3.05) is 6.61 Å². The summed E-state index contributed by atoms with van der Waals surface area (Å²) in [5, 5.41) is 0. The fraction of sp³-hybridized carbons (Fsp3) is 0.312. The zero-order chi connectivity index (χ0) is 15.4. The molecule has 1 atom stereocenters. The summed E-state index contributed by atoms with van der Waals surface area (Å²) in [5.74, 6) is -0.601. The molecular formula is C16H16N2O4. The quantitative estimate of drug-likeness (QED) is 0.855. The third kappa shape index (κ3) is 3.52. The summed E-state index contributed by atoms with van der Waals surface area (Å²) in [7, 11) is 0. The van der Waals surface area contributed by atoms with Crippen LogP contribution in [0.25, 0.3) is 11.3 Å². The Morgan fingerprint density at radius 2 is 2.18 bits per heavy atom.